The molecule has 1 aromatic heterocycles. The van der Waals surface area contributed by atoms with E-state index in [4.69, 9.17) is 0 Å². The fourth-order valence-corrected chi connectivity index (χ4v) is 3.73. The van der Waals surface area contributed by atoms with Gasteiger partial charge in [0.05, 0.1) is 0 Å². The molecule has 0 bridgehead atoms. The van der Waals surface area contributed by atoms with Crippen LogP contribution in [0.3, 0.4) is 0 Å². The van der Waals surface area contributed by atoms with Gasteiger partial charge in [-0.3, -0.25) is 4.90 Å². The number of hydrogen-bond donors (Lipinski definition) is 1. The summed E-state index contributed by atoms with van der Waals surface area (Å²) in [6.07, 6.45) is 2.45. The summed E-state index contributed by atoms with van der Waals surface area (Å²) in [6.45, 7) is 4.42. The highest BCUT2D eigenvalue weighted by Crippen LogP contribution is 2.29. The van der Waals surface area contributed by atoms with E-state index in [9.17, 15) is 0 Å². The molecule has 0 radical (unpaired) electrons. The molecule has 1 aromatic carbocycles. The molecule has 1 aliphatic rings. The zero-order valence-corrected chi connectivity index (χ0v) is 13.0. The molecule has 1 N–H and O–H groups in total. The van der Waals surface area contributed by atoms with Crippen LogP contribution in [0.4, 0.5) is 5.69 Å². The van der Waals surface area contributed by atoms with Gasteiger partial charge in [-0.05, 0) is 55.5 Å². The third kappa shape index (κ3) is 2.74. The van der Waals surface area contributed by atoms with Gasteiger partial charge in [0.15, 0.2) is 0 Å². The van der Waals surface area contributed by atoms with Crippen LogP contribution in [-0.2, 0) is 13.0 Å². The van der Waals surface area contributed by atoms with E-state index in [0.717, 1.165) is 13.1 Å². The minimum Gasteiger partial charge on any atom is -0.385 e. The second kappa shape index (κ2) is 5.98. The van der Waals surface area contributed by atoms with Crippen LogP contribution in [0.1, 0.15) is 35.4 Å². The Hall–Kier alpha value is -1.32. The Morgan fingerprint density at radius 1 is 1.30 bits per heavy atom. The summed E-state index contributed by atoms with van der Waals surface area (Å²) in [4.78, 5) is 3.88. The average Bonchev–Trinajstić information content (AvgIpc) is 3.01. The minimum atomic E-state index is 0.474. The molecule has 0 saturated heterocycles. The molecule has 0 fully saturated rings. The van der Waals surface area contributed by atoms with Gasteiger partial charge in [0.2, 0.25) is 0 Å². The standard InChI is InChI=1S/C17H22N2S/c1-13(17-9-5-11-20-17)19(2)12-14-6-3-8-16-15(14)7-4-10-18-16/h3,5-6,8-9,11,13,18H,4,7,10,12H2,1-2H3. The van der Waals surface area contributed by atoms with Crippen molar-refractivity contribution in [3.63, 3.8) is 0 Å². The molecule has 2 aromatic rings. The van der Waals surface area contributed by atoms with Crippen LogP contribution in [-0.4, -0.2) is 18.5 Å². The highest BCUT2D eigenvalue weighted by Gasteiger charge is 2.17. The fourth-order valence-electron chi connectivity index (χ4n) is 2.88. The van der Waals surface area contributed by atoms with E-state index in [0.29, 0.717) is 6.04 Å². The van der Waals surface area contributed by atoms with Crippen molar-refractivity contribution in [1.82, 2.24) is 4.90 Å². The monoisotopic (exact) mass is 286 g/mol. The molecule has 0 spiro atoms. The first-order valence-electron chi connectivity index (χ1n) is 7.34. The molecule has 1 unspecified atom stereocenters. The second-order valence-electron chi connectivity index (χ2n) is 5.58. The Kier molecular flexibility index (Phi) is 4.08. The number of thiophene rings is 1. The van der Waals surface area contributed by atoms with Gasteiger partial charge in [-0.1, -0.05) is 18.2 Å². The predicted octanol–water partition coefficient (Wildman–Crippen LogP) is 4.30. The topological polar surface area (TPSA) is 15.3 Å². The SMILES string of the molecule is CC(c1cccs1)N(C)Cc1cccc2c1CCCN2. The molecule has 1 atom stereocenters. The Morgan fingerprint density at radius 3 is 3.00 bits per heavy atom. The van der Waals surface area contributed by atoms with Crippen LogP contribution < -0.4 is 5.32 Å². The molecule has 1 aliphatic heterocycles. The fraction of sp³-hybridized carbons (Fsp3) is 0.412. The molecule has 2 heterocycles. The van der Waals surface area contributed by atoms with Crippen molar-refractivity contribution in [2.45, 2.75) is 32.4 Å². The normalized spacial score (nSPS) is 15.8. The lowest BCUT2D eigenvalue weighted by Gasteiger charge is -2.27. The van der Waals surface area contributed by atoms with E-state index in [-0.39, 0.29) is 0 Å². The number of fused-ring (bicyclic) bond motifs is 1. The zero-order valence-electron chi connectivity index (χ0n) is 12.2. The van der Waals surface area contributed by atoms with Gasteiger partial charge in [-0.25, -0.2) is 0 Å². The Labute approximate surface area is 125 Å². The van der Waals surface area contributed by atoms with Gasteiger partial charge in [0, 0.05) is 29.7 Å². The average molecular weight is 286 g/mol. The van der Waals surface area contributed by atoms with E-state index >= 15 is 0 Å². The second-order valence-corrected chi connectivity index (χ2v) is 6.56. The first-order valence-corrected chi connectivity index (χ1v) is 8.22. The molecular formula is C17H22N2S. The lowest BCUT2D eigenvalue weighted by Crippen LogP contribution is -2.23. The Bertz CT molecular complexity index is 562. The highest BCUT2D eigenvalue weighted by atomic mass is 32.1. The molecule has 3 rings (SSSR count). The van der Waals surface area contributed by atoms with Crippen LogP contribution in [0, 0.1) is 0 Å². The lowest BCUT2D eigenvalue weighted by atomic mass is 9.97. The first-order chi connectivity index (χ1) is 9.75. The van der Waals surface area contributed by atoms with Crippen LogP contribution in [0.2, 0.25) is 0 Å². The van der Waals surface area contributed by atoms with Crippen molar-refractivity contribution in [1.29, 1.82) is 0 Å². The molecule has 20 heavy (non-hydrogen) atoms. The maximum absolute atomic E-state index is 3.52. The third-order valence-corrected chi connectivity index (χ3v) is 5.27. The van der Waals surface area contributed by atoms with E-state index in [1.807, 2.05) is 11.3 Å². The third-order valence-electron chi connectivity index (χ3n) is 4.23. The maximum atomic E-state index is 3.52. The molecule has 0 aliphatic carbocycles. The summed E-state index contributed by atoms with van der Waals surface area (Å²) in [5, 5.41) is 5.68. The summed E-state index contributed by atoms with van der Waals surface area (Å²) >= 11 is 1.84. The molecule has 0 amide bonds. The number of nitrogens with one attached hydrogen (secondary N) is 1. The van der Waals surface area contributed by atoms with Crippen molar-refractivity contribution in [3.05, 3.63) is 51.7 Å². The summed E-state index contributed by atoms with van der Waals surface area (Å²) < 4.78 is 0. The van der Waals surface area contributed by atoms with E-state index in [2.05, 4.69) is 59.9 Å². The largest absolute Gasteiger partial charge is 0.385 e. The number of benzene rings is 1. The van der Waals surface area contributed by atoms with Crippen LogP contribution in [0.25, 0.3) is 0 Å². The van der Waals surface area contributed by atoms with Gasteiger partial charge in [0.25, 0.3) is 0 Å². The van der Waals surface area contributed by atoms with Gasteiger partial charge >= 0.3 is 0 Å². The Balaban J connectivity index is 1.77. The van der Waals surface area contributed by atoms with Gasteiger partial charge in [-0.15, -0.1) is 11.3 Å². The van der Waals surface area contributed by atoms with Gasteiger partial charge in [0.1, 0.15) is 0 Å². The predicted molar refractivity (Wildman–Crippen MR) is 87.5 cm³/mol. The highest BCUT2D eigenvalue weighted by molar-refractivity contribution is 7.10. The number of nitrogens with zero attached hydrogens (tertiary/aromatic N) is 1. The smallest absolute Gasteiger partial charge is 0.0413 e. The minimum absolute atomic E-state index is 0.474. The molecule has 106 valence electrons. The van der Waals surface area contributed by atoms with E-state index in [1.165, 1.54) is 34.5 Å². The first kappa shape index (κ1) is 13.7. The Morgan fingerprint density at radius 2 is 2.20 bits per heavy atom. The van der Waals surface area contributed by atoms with Crippen molar-refractivity contribution in [3.8, 4) is 0 Å². The summed E-state index contributed by atoms with van der Waals surface area (Å²) in [5.41, 5.74) is 4.33. The van der Waals surface area contributed by atoms with Crippen molar-refractivity contribution < 1.29 is 0 Å². The molecular weight excluding hydrogens is 264 g/mol. The molecule has 0 saturated carbocycles. The van der Waals surface area contributed by atoms with Gasteiger partial charge < -0.3 is 5.32 Å². The van der Waals surface area contributed by atoms with E-state index in [1.54, 1.807) is 0 Å². The van der Waals surface area contributed by atoms with Crippen molar-refractivity contribution in [2.24, 2.45) is 0 Å². The number of hydrogen-bond acceptors (Lipinski definition) is 3. The molecule has 2 nitrogen and oxygen atoms in total. The summed E-state index contributed by atoms with van der Waals surface area (Å²) in [7, 11) is 2.22. The lowest BCUT2D eigenvalue weighted by molar-refractivity contribution is 0.255. The summed E-state index contributed by atoms with van der Waals surface area (Å²) in [5.74, 6) is 0. The van der Waals surface area contributed by atoms with Gasteiger partial charge in [-0.2, -0.15) is 0 Å². The maximum Gasteiger partial charge on any atom is 0.0413 e. The van der Waals surface area contributed by atoms with E-state index < -0.39 is 0 Å². The van der Waals surface area contributed by atoms with Crippen LogP contribution in [0.15, 0.2) is 35.7 Å². The molecule has 3 heteroatoms. The van der Waals surface area contributed by atoms with Crippen molar-refractivity contribution >= 4 is 17.0 Å². The summed E-state index contributed by atoms with van der Waals surface area (Å²) in [6, 6.07) is 11.5. The quantitative estimate of drug-likeness (QED) is 0.901. The van der Waals surface area contributed by atoms with Crippen LogP contribution in [0.5, 0.6) is 0 Å². The van der Waals surface area contributed by atoms with Crippen molar-refractivity contribution in [2.75, 3.05) is 18.9 Å². The van der Waals surface area contributed by atoms with Crippen LogP contribution >= 0.6 is 11.3 Å². The number of anilines is 1. The number of rotatable bonds is 4. The zero-order chi connectivity index (χ0) is 13.9.